The minimum Gasteiger partial charge on any atom is -0.364 e. The van der Waals surface area contributed by atoms with Crippen molar-refractivity contribution in [2.45, 2.75) is 13.5 Å². The highest BCUT2D eigenvalue weighted by Crippen LogP contribution is 2.21. The number of aromatic nitrogens is 2. The highest BCUT2D eigenvalue weighted by Gasteiger charge is 2.02. The fraction of sp³-hybridized carbons (Fsp3) is 0.143. The molecule has 0 aliphatic carbocycles. The number of rotatable bonds is 3. The minimum absolute atomic E-state index is 0.714. The summed E-state index contributed by atoms with van der Waals surface area (Å²) in [5.41, 5.74) is 1.06. The van der Waals surface area contributed by atoms with Gasteiger partial charge in [-0.25, -0.2) is 9.97 Å². The summed E-state index contributed by atoms with van der Waals surface area (Å²) in [6, 6.07) is 10.3. The summed E-state index contributed by atoms with van der Waals surface area (Å²) >= 11 is 1.67. The highest BCUT2D eigenvalue weighted by atomic mass is 32.1. The van der Waals surface area contributed by atoms with Gasteiger partial charge in [-0.05, 0) is 18.4 Å². The molecule has 0 bridgehead atoms. The predicted molar refractivity (Wildman–Crippen MR) is 75.9 cm³/mol. The summed E-state index contributed by atoms with van der Waals surface area (Å²) in [4.78, 5) is 8.83. The average Bonchev–Trinajstić information content (AvgIpc) is 2.82. The van der Waals surface area contributed by atoms with Gasteiger partial charge >= 0.3 is 0 Å². The van der Waals surface area contributed by atoms with E-state index in [0.717, 1.165) is 21.9 Å². The van der Waals surface area contributed by atoms with Gasteiger partial charge in [0.05, 0.1) is 17.2 Å². The van der Waals surface area contributed by atoms with E-state index in [9.17, 15) is 0 Å². The van der Waals surface area contributed by atoms with Crippen molar-refractivity contribution in [1.29, 1.82) is 0 Å². The molecule has 0 amide bonds. The largest absolute Gasteiger partial charge is 0.364 e. The van der Waals surface area contributed by atoms with Crippen LogP contribution in [0.4, 0.5) is 5.82 Å². The number of anilines is 1. The Morgan fingerprint density at radius 1 is 1.22 bits per heavy atom. The van der Waals surface area contributed by atoms with Crippen LogP contribution < -0.4 is 5.32 Å². The molecule has 0 unspecified atom stereocenters. The van der Waals surface area contributed by atoms with Gasteiger partial charge < -0.3 is 5.32 Å². The first-order chi connectivity index (χ1) is 8.83. The second-order valence-electron chi connectivity index (χ2n) is 4.09. The van der Waals surface area contributed by atoms with Crippen LogP contribution in [0.1, 0.15) is 10.7 Å². The van der Waals surface area contributed by atoms with Crippen molar-refractivity contribution in [2.24, 2.45) is 0 Å². The normalized spacial score (nSPS) is 10.7. The summed E-state index contributed by atoms with van der Waals surface area (Å²) in [5.74, 6) is 0.916. The first kappa shape index (κ1) is 11.2. The Morgan fingerprint density at radius 3 is 2.94 bits per heavy atom. The lowest BCUT2D eigenvalue weighted by Gasteiger charge is -2.07. The number of pyridine rings is 1. The number of nitrogens with zero attached hydrogens (tertiary/aromatic N) is 2. The second-order valence-corrected chi connectivity index (χ2v) is 5.15. The van der Waals surface area contributed by atoms with E-state index in [0.29, 0.717) is 6.54 Å². The van der Waals surface area contributed by atoms with Gasteiger partial charge in [0.15, 0.2) is 0 Å². The fourth-order valence-electron chi connectivity index (χ4n) is 1.92. The van der Waals surface area contributed by atoms with Crippen molar-refractivity contribution < 1.29 is 0 Å². The van der Waals surface area contributed by atoms with Crippen molar-refractivity contribution in [1.82, 2.24) is 9.97 Å². The van der Waals surface area contributed by atoms with E-state index in [4.69, 9.17) is 0 Å². The fourth-order valence-corrected chi connectivity index (χ4v) is 2.54. The molecule has 0 radical (unpaired) electrons. The monoisotopic (exact) mass is 255 g/mol. The molecule has 90 valence electrons. The number of hydrogen-bond acceptors (Lipinski definition) is 4. The molecule has 0 atom stereocenters. The van der Waals surface area contributed by atoms with Crippen molar-refractivity contribution in [3.63, 3.8) is 0 Å². The van der Waals surface area contributed by atoms with Gasteiger partial charge in [0.25, 0.3) is 0 Å². The molecule has 0 aliphatic heterocycles. The van der Waals surface area contributed by atoms with Crippen LogP contribution in [0.3, 0.4) is 0 Å². The van der Waals surface area contributed by atoms with Crippen LogP contribution in [0.2, 0.25) is 0 Å². The van der Waals surface area contributed by atoms with E-state index < -0.39 is 0 Å². The standard InChI is InChI=1S/C14H13N3S/c1-10-17-12(9-18-10)8-16-14-13-5-3-2-4-11(13)6-7-15-14/h2-7,9H,8H2,1H3,(H,15,16). The van der Waals surface area contributed by atoms with Crippen LogP contribution in [0.5, 0.6) is 0 Å². The zero-order valence-electron chi connectivity index (χ0n) is 10.1. The topological polar surface area (TPSA) is 37.8 Å². The summed E-state index contributed by atoms with van der Waals surface area (Å²) in [5, 5.41) is 8.87. The summed E-state index contributed by atoms with van der Waals surface area (Å²) in [7, 11) is 0. The van der Waals surface area contributed by atoms with Gasteiger partial charge in [-0.15, -0.1) is 11.3 Å². The number of aryl methyl sites for hydroxylation is 1. The first-order valence-electron chi connectivity index (χ1n) is 5.81. The molecule has 0 aliphatic rings. The number of fused-ring (bicyclic) bond motifs is 1. The number of hydrogen-bond donors (Lipinski definition) is 1. The molecule has 0 saturated carbocycles. The first-order valence-corrected chi connectivity index (χ1v) is 6.69. The molecule has 3 nitrogen and oxygen atoms in total. The highest BCUT2D eigenvalue weighted by molar-refractivity contribution is 7.09. The predicted octanol–water partition coefficient (Wildman–Crippen LogP) is 3.61. The maximum atomic E-state index is 4.43. The SMILES string of the molecule is Cc1nc(CNc2nccc3ccccc23)cs1. The molecule has 3 rings (SSSR count). The zero-order valence-corrected chi connectivity index (χ0v) is 10.9. The molecule has 0 fully saturated rings. The van der Waals surface area contributed by atoms with Crippen LogP contribution in [0.25, 0.3) is 10.8 Å². The quantitative estimate of drug-likeness (QED) is 0.777. The molecule has 2 aromatic heterocycles. The number of nitrogens with one attached hydrogen (secondary N) is 1. The molecule has 18 heavy (non-hydrogen) atoms. The van der Waals surface area contributed by atoms with Gasteiger partial charge in [0.2, 0.25) is 0 Å². The Balaban J connectivity index is 1.86. The van der Waals surface area contributed by atoms with Crippen LogP contribution in [0, 0.1) is 6.92 Å². The molecule has 4 heteroatoms. The van der Waals surface area contributed by atoms with Crippen molar-refractivity contribution >= 4 is 27.9 Å². The third-order valence-electron chi connectivity index (χ3n) is 2.78. The lowest BCUT2D eigenvalue weighted by molar-refractivity contribution is 1.04. The van der Waals surface area contributed by atoms with Gasteiger partial charge in [0.1, 0.15) is 5.82 Å². The van der Waals surface area contributed by atoms with Gasteiger partial charge in [-0.3, -0.25) is 0 Å². The van der Waals surface area contributed by atoms with Gasteiger partial charge in [-0.1, -0.05) is 24.3 Å². The van der Waals surface area contributed by atoms with Crippen LogP contribution in [0.15, 0.2) is 41.9 Å². The lowest BCUT2D eigenvalue weighted by Crippen LogP contribution is -2.02. The smallest absolute Gasteiger partial charge is 0.134 e. The third kappa shape index (κ3) is 2.19. The minimum atomic E-state index is 0.714. The van der Waals surface area contributed by atoms with Crippen LogP contribution in [-0.2, 0) is 6.54 Å². The molecular weight excluding hydrogens is 242 g/mol. The molecule has 2 heterocycles. The molecule has 1 N–H and O–H groups in total. The number of benzene rings is 1. The summed E-state index contributed by atoms with van der Waals surface area (Å²) in [6.07, 6.45) is 1.83. The Labute approximate surface area is 110 Å². The second kappa shape index (κ2) is 4.74. The van der Waals surface area contributed by atoms with Gasteiger partial charge in [-0.2, -0.15) is 0 Å². The molecule has 0 spiro atoms. The average molecular weight is 255 g/mol. The molecule has 0 saturated heterocycles. The van der Waals surface area contributed by atoms with E-state index in [1.165, 1.54) is 5.39 Å². The molecule has 1 aromatic carbocycles. The van der Waals surface area contributed by atoms with Crippen LogP contribution in [-0.4, -0.2) is 9.97 Å². The van der Waals surface area contributed by atoms with E-state index >= 15 is 0 Å². The van der Waals surface area contributed by atoms with E-state index in [2.05, 4.69) is 32.8 Å². The van der Waals surface area contributed by atoms with Crippen molar-refractivity contribution in [3.8, 4) is 0 Å². The van der Waals surface area contributed by atoms with Crippen molar-refractivity contribution in [3.05, 3.63) is 52.6 Å². The molecular formula is C14H13N3S. The lowest BCUT2D eigenvalue weighted by atomic mass is 10.1. The summed E-state index contributed by atoms with van der Waals surface area (Å²) < 4.78 is 0. The Morgan fingerprint density at radius 2 is 2.11 bits per heavy atom. The van der Waals surface area contributed by atoms with Crippen molar-refractivity contribution in [2.75, 3.05) is 5.32 Å². The molecule has 3 aromatic rings. The maximum absolute atomic E-state index is 4.43. The van der Waals surface area contributed by atoms with E-state index in [1.807, 2.05) is 31.3 Å². The van der Waals surface area contributed by atoms with E-state index in [1.54, 1.807) is 11.3 Å². The Bertz CT molecular complexity index is 670. The van der Waals surface area contributed by atoms with E-state index in [-0.39, 0.29) is 0 Å². The maximum Gasteiger partial charge on any atom is 0.134 e. The van der Waals surface area contributed by atoms with Crippen LogP contribution >= 0.6 is 11.3 Å². The Hall–Kier alpha value is -1.94. The zero-order chi connectivity index (χ0) is 12.4. The van der Waals surface area contributed by atoms with Gasteiger partial charge in [0, 0.05) is 17.0 Å². The summed E-state index contributed by atoms with van der Waals surface area (Å²) in [6.45, 7) is 2.73. The Kier molecular flexibility index (Phi) is 2.94. The third-order valence-corrected chi connectivity index (χ3v) is 3.60. The number of thiazole rings is 1.